The largest absolute Gasteiger partial charge is 0.464 e. The van der Waals surface area contributed by atoms with Gasteiger partial charge in [-0.25, -0.2) is 9.59 Å². The third kappa shape index (κ3) is 3.59. The lowest BCUT2D eigenvalue weighted by atomic mass is 9.96. The molecule has 7 nitrogen and oxygen atoms in total. The molecule has 1 aliphatic rings. The Balaban J connectivity index is 2.05. The number of esters is 2. The Kier molecular flexibility index (Phi) is 5.58. The van der Waals surface area contributed by atoms with Crippen LogP contribution in [0.4, 0.5) is 11.6 Å². The summed E-state index contributed by atoms with van der Waals surface area (Å²) in [6.07, 6.45) is 1.38. The van der Waals surface area contributed by atoms with Gasteiger partial charge >= 0.3 is 11.9 Å². The molecule has 3 aromatic rings. The number of hydrogen-bond donors (Lipinski definition) is 0. The number of nitrogens with zero attached hydrogens (tertiary/aromatic N) is 1. The maximum absolute atomic E-state index is 13.3. The monoisotopic (exact) mass is 419 g/mol. The lowest BCUT2D eigenvalue weighted by Gasteiger charge is -2.35. The molecule has 1 aromatic heterocycles. The second kappa shape index (κ2) is 8.47. The molecule has 0 spiro atoms. The summed E-state index contributed by atoms with van der Waals surface area (Å²) >= 11 is 0. The van der Waals surface area contributed by atoms with Crippen LogP contribution in [-0.4, -0.2) is 31.2 Å². The van der Waals surface area contributed by atoms with Crippen molar-refractivity contribution in [3.05, 3.63) is 76.0 Å². The smallest absolute Gasteiger partial charge is 0.336 e. The van der Waals surface area contributed by atoms with Crippen LogP contribution >= 0.6 is 0 Å². The third-order valence-corrected chi connectivity index (χ3v) is 4.94. The number of ether oxygens (including phenoxy) is 2. The first-order chi connectivity index (χ1) is 15.1. The molecule has 7 heteroatoms. The van der Waals surface area contributed by atoms with Crippen LogP contribution in [0.15, 0.2) is 69.4 Å². The maximum atomic E-state index is 13.3. The van der Waals surface area contributed by atoms with Crippen LogP contribution < -0.4 is 10.3 Å². The normalized spacial score (nSPS) is 15.2. The quantitative estimate of drug-likeness (QED) is 0.581. The second-order valence-electron chi connectivity index (χ2n) is 6.83. The molecule has 0 saturated heterocycles. The number of para-hydroxylation sites is 2. The fraction of sp³-hybridized carbons (Fsp3) is 0.208. The Bertz CT molecular complexity index is 1230. The summed E-state index contributed by atoms with van der Waals surface area (Å²) in [5.74, 6) is -1.17. The van der Waals surface area contributed by atoms with E-state index in [-0.39, 0.29) is 35.7 Å². The van der Waals surface area contributed by atoms with E-state index in [1.54, 1.807) is 62.4 Å². The van der Waals surface area contributed by atoms with Gasteiger partial charge in [0.15, 0.2) is 6.04 Å². The van der Waals surface area contributed by atoms with Crippen LogP contribution in [0.2, 0.25) is 0 Å². The van der Waals surface area contributed by atoms with Gasteiger partial charge in [0.2, 0.25) is 11.3 Å². The molecule has 0 amide bonds. The van der Waals surface area contributed by atoms with Gasteiger partial charge in [-0.05, 0) is 44.2 Å². The number of anilines is 2. The standard InChI is InChI=1S/C24H21NO6/c1-3-29-23(27)17-14-18-21(26)16-12-8-9-13-19(16)31-22(18)25(15-10-6-5-7-11-15)20(17)24(28)30-4-2/h5-14,20H,3-4H2,1-2H3. The van der Waals surface area contributed by atoms with Crippen LogP contribution in [0.5, 0.6) is 0 Å². The molecule has 31 heavy (non-hydrogen) atoms. The number of carbonyl (C=O) groups excluding carboxylic acids is 2. The summed E-state index contributed by atoms with van der Waals surface area (Å²) in [5.41, 5.74) is 0.824. The van der Waals surface area contributed by atoms with E-state index in [1.165, 1.54) is 11.0 Å². The average molecular weight is 419 g/mol. The predicted octanol–water partition coefficient (Wildman–Crippen LogP) is 3.82. The van der Waals surface area contributed by atoms with Gasteiger partial charge in [-0.2, -0.15) is 0 Å². The summed E-state index contributed by atoms with van der Waals surface area (Å²) in [5, 5.41) is 0.378. The Morgan fingerprint density at radius 2 is 1.65 bits per heavy atom. The molecule has 1 atom stereocenters. The fourth-order valence-electron chi connectivity index (χ4n) is 3.64. The molecule has 2 heterocycles. The maximum Gasteiger partial charge on any atom is 0.336 e. The fourth-order valence-corrected chi connectivity index (χ4v) is 3.64. The highest BCUT2D eigenvalue weighted by Crippen LogP contribution is 2.39. The van der Waals surface area contributed by atoms with Gasteiger partial charge in [0.25, 0.3) is 0 Å². The van der Waals surface area contributed by atoms with Gasteiger partial charge in [-0.3, -0.25) is 9.69 Å². The summed E-state index contributed by atoms with van der Waals surface area (Å²) in [7, 11) is 0. The number of carbonyl (C=O) groups is 2. The van der Waals surface area contributed by atoms with Crippen LogP contribution in [0.3, 0.4) is 0 Å². The van der Waals surface area contributed by atoms with Crippen molar-refractivity contribution in [2.24, 2.45) is 0 Å². The molecule has 0 radical (unpaired) electrons. The Morgan fingerprint density at radius 3 is 2.35 bits per heavy atom. The zero-order chi connectivity index (χ0) is 22.0. The third-order valence-electron chi connectivity index (χ3n) is 4.94. The van der Waals surface area contributed by atoms with Gasteiger partial charge < -0.3 is 13.9 Å². The number of benzene rings is 2. The van der Waals surface area contributed by atoms with Crippen molar-refractivity contribution in [3.63, 3.8) is 0 Å². The lowest BCUT2D eigenvalue weighted by molar-refractivity contribution is -0.147. The van der Waals surface area contributed by atoms with Crippen LogP contribution in [-0.2, 0) is 19.1 Å². The molecule has 1 aliphatic heterocycles. The van der Waals surface area contributed by atoms with E-state index in [2.05, 4.69) is 0 Å². The molecule has 158 valence electrons. The summed E-state index contributed by atoms with van der Waals surface area (Å²) in [4.78, 5) is 40.6. The Hall–Kier alpha value is -3.87. The summed E-state index contributed by atoms with van der Waals surface area (Å²) in [6.45, 7) is 3.60. The summed E-state index contributed by atoms with van der Waals surface area (Å²) in [6, 6.07) is 14.6. The molecule has 0 aliphatic carbocycles. The van der Waals surface area contributed by atoms with Crippen molar-refractivity contribution in [3.8, 4) is 0 Å². The highest BCUT2D eigenvalue weighted by molar-refractivity contribution is 6.07. The first kappa shape index (κ1) is 20.4. The van der Waals surface area contributed by atoms with Crippen LogP contribution in [0.1, 0.15) is 19.4 Å². The molecule has 0 N–H and O–H groups in total. The van der Waals surface area contributed by atoms with Gasteiger partial charge in [-0.1, -0.05) is 30.3 Å². The van der Waals surface area contributed by atoms with E-state index in [9.17, 15) is 14.4 Å². The first-order valence-corrected chi connectivity index (χ1v) is 10.0. The van der Waals surface area contributed by atoms with E-state index < -0.39 is 18.0 Å². The van der Waals surface area contributed by atoms with Crippen molar-refractivity contribution >= 4 is 40.6 Å². The minimum atomic E-state index is -1.17. The van der Waals surface area contributed by atoms with Gasteiger partial charge in [0.05, 0.1) is 29.7 Å². The van der Waals surface area contributed by atoms with E-state index in [0.29, 0.717) is 16.7 Å². The molecule has 1 unspecified atom stereocenters. The lowest BCUT2D eigenvalue weighted by Crippen LogP contribution is -2.46. The molecule has 0 saturated carbocycles. The van der Waals surface area contributed by atoms with E-state index in [0.717, 1.165) is 0 Å². The molecular weight excluding hydrogens is 398 g/mol. The minimum Gasteiger partial charge on any atom is -0.464 e. The Labute approximate surface area is 178 Å². The summed E-state index contributed by atoms with van der Waals surface area (Å²) < 4.78 is 16.6. The number of hydrogen-bond acceptors (Lipinski definition) is 7. The minimum absolute atomic E-state index is 0.0132. The SMILES string of the molecule is CCOC(=O)C1=Cc2c(oc3ccccc3c2=O)N(c2ccccc2)C1C(=O)OCC. The number of fused-ring (bicyclic) bond motifs is 2. The topological polar surface area (TPSA) is 86.0 Å². The van der Waals surface area contributed by atoms with Gasteiger partial charge in [0.1, 0.15) is 5.58 Å². The highest BCUT2D eigenvalue weighted by atomic mass is 16.5. The Morgan fingerprint density at radius 1 is 0.968 bits per heavy atom. The molecule has 0 fully saturated rings. The van der Waals surface area contributed by atoms with E-state index in [4.69, 9.17) is 13.9 Å². The van der Waals surface area contributed by atoms with Crippen molar-refractivity contribution in [1.82, 2.24) is 0 Å². The van der Waals surface area contributed by atoms with Crippen LogP contribution in [0.25, 0.3) is 17.0 Å². The molecule has 4 rings (SSSR count). The molecule has 2 aromatic carbocycles. The van der Waals surface area contributed by atoms with Gasteiger partial charge in [0, 0.05) is 5.69 Å². The van der Waals surface area contributed by atoms with Crippen molar-refractivity contribution in [2.45, 2.75) is 19.9 Å². The first-order valence-electron chi connectivity index (χ1n) is 10.0. The average Bonchev–Trinajstić information content (AvgIpc) is 2.79. The van der Waals surface area contributed by atoms with E-state index in [1.807, 2.05) is 6.07 Å². The second-order valence-corrected chi connectivity index (χ2v) is 6.83. The molecular formula is C24H21NO6. The van der Waals surface area contributed by atoms with Crippen molar-refractivity contribution < 1.29 is 23.5 Å². The van der Waals surface area contributed by atoms with Gasteiger partial charge in [-0.15, -0.1) is 0 Å². The van der Waals surface area contributed by atoms with E-state index >= 15 is 0 Å². The van der Waals surface area contributed by atoms with Crippen LogP contribution in [0, 0.1) is 0 Å². The molecule has 0 bridgehead atoms. The predicted molar refractivity (Wildman–Crippen MR) is 116 cm³/mol. The highest BCUT2D eigenvalue weighted by Gasteiger charge is 2.42. The number of rotatable bonds is 5. The zero-order valence-corrected chi connectivity index (χ0v) is 17.2. The van der Waals surface area contributed by atoms with Crippen molar-refractivity contribution in [2.75, 3.05) is 18.1 Å². The zero-order valence-electron chi connectivity index (χ0n) is 17.2. The van der Waals surface area contributed by atoms with Crippen molar-refractivity contribution in [1.29, 1.82) is 0 Å².